The summed E-state index contributed by atoms with van der Waals surface area (Å²) in [4.78, 5) is -0.616. The first-order valence-corrected chi connectivity index (χ1v) is 4.04. The van der Waals surface area contributed by atoms with Crippen molar-refractivity contribution in [2.45, 2.75) is 4.84 Å². The number of hydrogen-bond acceptors (Lipinski definition) is 3. The molecular formula is C3HCl3N2S. The molecule has 0 atom stereocenters. The maximum atomic E-state index is 5.43. The number of halogens is 3. The molecule has 0 aliphatic carbocycles. The maximum absolute atomic E-state index is 5.43. The Labute approximate surface area is 70.8 Å². The molecule has 0 N–H and O–H groups in total. The van der Waals surface area contributed by atoms with Gasteiger partial charge < -0.3 is 0 Å². The Bertz CT molecular complexity index is 199. The van der Waals surface area contributed by atoms with E-state index in [1.54, 1.807) is 0 Å². The van der Waals surface area contributed by atoms with Crippen LogP contribution in [0.1, 0.15) is 9.84 Å². The lowest BCUT2D eigenvalue weighted by Crippen LogP contribution is -1.77. The number of nitrogens with zero attached hydrogens (tertiary/aromatic N) is 2. The fourth-order valence-corrected chi connectivity index (χ4v) is 1.36. The van der Waals surface area contributed by atoms with Crippen LogP contribution in [-0.2, 0) is 0 Å². The molecule has 0 radical (unpaired) electrons. The van der Waals surface area contributed by atoms with Gasteiger partial charge in [0.05, 0.1) is 0 Å². The summed E-state index contributed by atoms with van der Waals surface area (Å²) in [7, 11) is 0. The molecule has 0 aliphatic heterocycles. The van der Waals surface area contributed by atoms with Gasteiger partial charge in [-0.05, 0) is 11.6 Å². The Hall–Kier alpha value is 0.430. The van der Waals surface area contributed by atoms with E-state index in [1.807, 2.05) is 0 Å². The van der Waals surface area contributed by atoms with Gasteiger partial charge in [0.1, 0.15) is 0 Å². The van der Waals surface area contributed by atoms with Crippen LogP contribution in [0, 0.1) is 0 Å². The summed E-state index contributed by atoms with van der Waals surface area (Å²) in [5, 5.41) is 7.62. The van der Waals surface area contributed by atoms with Crippen LogP contribution in [-0.4, -0.2) is 10.2 Å². The lowest BCUT2D eigenvalue weighted by atomic mass is 10.8. The van der Waals surface area contributed by atoms with E-state index in [0.717, 1.165) is 0 Å². The molecule has 9 heavy (non-hydrogen) atoms. The van der Waals surface area contributed by atoms with Crippen molar-refractivity contribution in [3.05, 3.63) is 9.47 Å². The van der Waals surface area contributed by atoms with Crippen LogP contribution < -0.4 is 0 Å². The normalized spacial score (nSPS) is 10.7. The fourth-order valence-electron chi connectivity index (χ4n) is 0.304. The number of hydrogen-bond donors (Lipinski definition) is 0. The van der Waals surface area contributed by atoms with Crippen molar-refractivity contribution in [1.29, 1.82) is 0 Å². The predicted molar refractivity (Wildman–Crippen MR) is 39.4 cm³/mol. The average molecular weight is 203 g/mol. The van der Waals surface area contributed by atoms with Crippen molar-refractivity contribution in [2.75, 3.05) is 0 Å². The van der Waals surface area contributed by atoms with Crippen molar-refractivity contribution >= 4 is 46.1 Å². The van der Waals surface area contributed by atoms with E-state index in [-0.39, 0.29) is 0 Å². The SMILES string of the molecule is Clc1nnc(C(Cl)Cl)s1. The third kappa shape index (κ3) is 1.93. The van der Waals surface area contributed by atoms with Gasteiger partial charge in [0.15, 0.2) is 9.84 Å². The van der Waals surface area contributed by atoms with E-state index < -0.39 is 4.84 Å². The van der Waals surface area contributed by atoms with Crippen LogP contribution in [0.3, 0.4) is 0 Å². The number of aromatic nitrogens is 2. The molecule has 6 heteroatoms. The highest BCUT2D eigenvalue weighted by molar-refractivity contribution is 7.15. The topological polar surface area (TPSA) is 25.8 Å². The summed E-state index contributed by atoms with van der Waals surface area (Å²) in [6.07, 6.45) is 0. The van der Waals surface area contributed by atoms with Crippen molar-refractivity contribution < 1.29 is 0 Å². The molecule has 1 heterocycles. The first kappa shape index (κ1) is 7.54. The standard InChI is InChI=1S/C3HCl3N2S/c4-1(5)2-7-8-3(6)9-2/h1H. The molecular weight excluding hydrogens is 202 g/mol. The largest absolute Gasteiger partial charge is 0.207 e. The number of alkyl halides is 2. The summed E-state index contributed by atoms with van der Waals surface area (Å²) < 4.78 is 0.358. The minimum atomic E-state index is -0.616. The third-order valence-electron chi connectivity index (χ3n) is 0.603. The minimum Gasteiger partial charge on any atom is -0.139 e. The van der Waals surface area contributed by atoms with Crippen LogP contribution >= 0.6 is 46.1 Å². The molecule has 0 spiro atoms. The molecule has 0 saturated heterocycles. The quantitative estimate of drug-likeness (QED) is 0.656. The molecule has 50 valence electrons. The Balaban J connectivity index is 2.85. The van der Waals surface area contributed by atoms with Gasteiger partial charge in [-0.3, -0.25) is 0 Å². The fraction of sp³-hybridized carbons (Fsp3) is 0.333. The molecule has 0 aromatic carbocycles. The average Bonchev–Trinajstić information content (AvgIpc) is 2.14. The van der Waals surface area contributed by atoms with E-state index in [9.17, 15) is 0 Å². The molecule has 0 bridgehead atoms. The Morgan fingerprint density at radius 3 is 2.22 bits per heavy atom. The zero-order valence-electron chi connectivity index (χ0n) is 4.01. The van der Waals surface area contributed by atoms with Crippen LogP contribution in [0.25, 0.3) is 0 Å². The van der Waals surface area contributed by atoms with E-state index in [4.69, 9.17) is 34.8 Å². The molecule has 0 fully saturated rings. The summed E-state index contributed by atoms with van der Waals surface area (Å²) in [6.45, 7) is 0. The lowest BCUT2D eigenvalue weighted by Gasteiger charge is -1.86. The first-order chi connectivity index (χ1) is 4.20. The summed E-state index contributed by atoms with van der Waals surface area (Å²) in [5.74, 6) is 0. The van der Waals surface area contributed by atoms with Crippen LogP contribution in [0.15, 0.2) is 0 Å². The van der Waals surface area contributed by atoms with Crippen molar-refractivity contribution in [1.82, 2.24) is 10.2 Å². The van der Waals surface area contributed by atoms with E-state index in [0.29, 0.717) is 9.47 Å². The summed E-state index contributed by atoms with van der Waals surface area (Å²) >= 11 is 17.5. The maximum Gasteiger partial charge on any atom is 0.207 e. The Kier molecular flexibility index (Phi) is 2.52. The second-order valence-corrected chi connectivity index (χ2v) is 3.88. The molecule has 1 rings (SSSR count). The molecule has 0 aliphatic rings. The minimum absolute atomic E-state index is 0.358. The summed E-state index contributed by atoms with van der Waals surface area (Å²) in [6, 6.07) is 0. The smallest absolute Gasteiger partial charge is 0.139 e. The highest BCUT2D eigenvalue weighted by Gasteiger charge is 2.08. The Morgan fingerprint density at radius 1 is 1.33 bits per heavy atom. The van der Waals surface area contributed by atoms with Crippen molar-refractivity contribution in [3.8, 4) is 0 Å². The monoisotopic (exact) mass is 202 g/mol. The molecule has 0 saturated carbocycles. The predicted octanol–water partition coefficient (Wildman–Crippen LogP) is 2.67. The van der Waals surface area contributed by atoms with Gasteiger partial charge in [-0.1, -0.05) is 34.5 Å². The van der Waals surface area contributed by atoms with Crippen LogP contribution in [0.4, 0.5) is 0 Å². The summed E-state index contributed by atoms with van der Waals surface area (Å²) in [5.41, 5.74) is 0. The first-order valence-electron chi connectivity index (χ1n) is 1.97. The second kappa shape index (κ2) is 3.01. The zero-order chi connectivity index (χ0) is 6.85. The molecule has 2 nitrogen and oxygen atoms in total. The van der Waals surface area contributed by atoms with Crippen LogP contribution in [0.2, 0.25) is 4.47 Å². The van der Waals surface area contributed by atoms with Crippen LogP contribution in [0.5, 0.6) is 0 Å². The van der Waals surface area contributed by atoms with Crippen molar-refractivity contribution in [2.24, 2.45) is 0 Å². The van der Waals surface area contributed by atoms with E-state index in [2.05, 4.69) is 10.2 Å². The van der Waals surface area contributed by atoms with Gasteiger partial charge in [-0.15, -0.1) is 10.2 Å². The second-order valence-electron chi connectivity index (χ2n) is 1.19. The van der Waals surface area contributed by atoms with Gasteiger partial charge in [0, 0.05) is 0 Å². The molecule has 1 aromatic rings. The lowest BCUT2D eigenvalue weighted by molar-refractivity contribution is 1.03. The van der Waals surface area contributed by atoms with E-state index in [1.165, 1.54) is 11.3 Å². The molecule has 0 amide bonds. The van der Waals surface area contributed by atoms with Gasteiger partial charge in [0.25, 0.3) is 0 Å². The highest BCUT2D eigenvalue weighted by Crippen LogP contribution is 2.28. The van der Waals surface area contributed by atoms with Gasteiger partial charge in [-0.2, -0.15) is 0 Å². The van der Waals surface area contributed by atoms with E-state index >= 15 is 0 Å². The van der Waals surface area contributed by atoms with Crippen molar-refractivity contribution in [3.63, 3.8) is 0 Å². The van der Waals surface area contributed by atoms with Gasteiger partial charge >= 0.3 is 0 Å². The third-order valence-corrected chi connectivity index (χ3v) is 2.36. The molecule has 0 unspecified atom stereocenters. The zero-order valence-corrected chi connectivity index (χ0v) is 7.10. The molecule has 1 aromatic heterocycles. The van der Waals surface area contributed by atoms with Gasteiger partial charge in [-0.25, -0.2) is 0 Å². The Morgan fingerprint density at radius 2 is 2.00 bits per heavy atom. The number of rotatable bonds is 1. The van der Waals surface area contributed by atoms with Gasteiger partial charge in [0.2, 0.25) is 4.47 Å². The highest BCUT2D eigenvalue weighted by atomic mass is 35.5.